The molecule has 2 aromatic heterocycles. The molecule has 1 N–H and O–H groups in total. The van der Waals surface area contributed by atoms with Gasteiger partial charge in [-0.15, -0.1) is 11.3 Å². The van der Waals surface area contributed by atoms with Gasteiger partial charge in [0.05, 0.1) is 31.6 Å². The minimum Gasteiger partial charge on any atom is -0.491 e. The fraction of sp³-hybridized carbons (Fsp3) is 0.444. The number of ether oxygens (including phenoxy) is 2. The van der Waals surface area contributed by atoms with Crippen LogP contribution in [0.1, 0.15) is 35.6 Å². The van der Waals surface area contributed by atoms with Gasteiger partial charge in [-0.1, -0.05) is 6.92 Å². The van der Waals surface area contributed by atoms with Crippen molar-refractivity contribution < 1.29 is 28.2 Å². The largest absolute Gasteiger partial charge is 0.491 e. The van der Waals surface area contributed by atoms with Crippen molar-refractivity contribution in [1.29, 1.82) is 0 Å². The Bertz CT molecular complexity index is 1070. The SMILES string of the molecule is CCCN(CC(=O)N1CCc2sccc2[C@@H]1COc1ccc(F)cc1)C[C@H](O)COCc1ccco1. The summed E-state index contributed by atoms with van der Waals surface area (Å²) in [6.07, 6.45) is 2.53. The summed E-state index contributed by atoms with van der Waals surface area (Å²) >= 11 is 1.70. The van der Waals surface area contributed by atoms with Crippen molar-refractivity contribution in [3.8, 4) is 5.75 Å². The van der Waals surface area contributed by atoms with Gasteiger partial charge in [0.1, 0.15) is 30.5 Å². The third-order valence-electron chi connectivity index (χ3n) is 6.14. The minimum atomic E-state index is -0.721. The van der Waals surface area contributed by atoms with Gasteiger partial charge in [0.25, 0.3) is 0 Å². The monoisotopic (exact) mass is 516 g/mol. The molecule has 1 aliphatic heterocycles. The van der Waals surface area contributed by atoms with Gasteiger partial charge in [-0.05, 0) is 72.8 Å². The van der Waals surface area contributed by atoms with Crippen LogP contribution >= 0.6 is 11.3 Å². The molecule has 3 aromatic rings. The van der Waals surface area contributed by atoms with Crippen molar-refractivity contribution in [1.82, 2.24) is 9.80 Å². The van der Waals surface area contributed by atoms with Crippen LogP contribution < -0.4 is 4.74 Å². The topological polar surface area (TPSA) is 75.4 Å². The first-order valence-electron chi connectivity index (χ1n) is 12.3. The maximum Gasteiger partial charge on any atom is 0.237 e. The van der Waals surface area contributed by atoms with Gasteiger partial charge in [-0.2, -0.15) is 0 Å². The zero-order chi connectivity index (χ0) is 25.3. The third-order valence-corrected chi connectivity index (χ3v) is 7.14. The number of fused-ring (bicyclic) bond motifs is 1. The van der Waals surface area contributed by atoms with E-state index in [1.807, 2.05) is 21.2 Å². The van der Waals surface area contributed by atoms with Crippen molar-refractivity contribution in [2.45, 2.75) is 38.5 Å². The molecule has 0 unspecified atom stereocenters. The molecule has 1 amide bonds. The molecule has 36 heavy (non-hydrogen) atoms. The van der Waals surface area contributed by atoms with Crippen molar-refractivity contribution >= 4 is 17.2 Å². The Hall–Kier alpha value is -2.72. The number of benzene rings is 1. The molecule has 0 bridgehead atoms. The standard InChI is InChI=1S/C27H33FN2O5S/c1-2-11-29(15-21(31)17-33-18-23-4-3-13-34-23)16-27(32)30-12-9-26-24(10-14-36-26)25(30)19-35-22-7-5-20(28)6-8-22/h3-8,10,13-14,21,25,31H,2,9,11-12,15-19H2,1H3/t21-,25-/m0/s1. The summed E-state index contributed by atoms with van der Waals surface area (Å²) in [5.41, 5.74) is 1.11. The van der Waals surface area contributed by atoms with Gasteiger partial charge in [-0.3, -0.25) is 9.69 Å². The van der Waals surface area contributed by atoms with Gasteiger partial charge in [-0.25, -0.2) is 4.39 Å². The van der Waals surface area contributed by atoms with E-state index in [4.69, 9.17) is 13.9 Å². The highest BCUT2D eigenvalue weighted by molar-refractivity contribution is 7.10. The number of amides is 1. The fourth-order valence-corrected chi connectivity index (χ4v) is 5.38. The van der Waals surface area contributed by atoms with Crippen LogP contribution in [-0.4, -0.2) is 66.3 Å². The van der Waals surface area contributed by atoms with Crippen LogP contribution in [-0.2, 0) is 22.6 Å². The number of thiophene rings is 1. The number of carbonyl (C=O) groups is 1. The lowest BCUT2D eigenvalue weighted by Gasteiger charge is -2.37. The molecular formula is C27H33FN2O5S. The Morgan fingerprint density at radius 2 is 2.14 bits per heavy atom. The number of furan rings is 1. The van der Waals surface area contributed by atoms with E-state index in [0.29, 0.717) is 37.8 Å². The van der Waals surface area contributed by atoms with E-state index in [9.17, 15) is 14.3 Å². The van der Waals surface area contributed by atoms with Gasteiger partial charge in [0.15, 0.2) is 0 Å². The first-order valence-corrected chi connectivity index (χ1v) is 13.2. The molecule has 0 radical (unpaired) electrons. The summed E-state index contributed by atoms with van der Waals surface area (Å²) in [7, 11) is 0. The minimum absolute atomic E-state index is 0.00305. The van der Waals surface area contributed by atoms with Crippen LogP contribution in [0, 0.1) is 5.82 Å². The highest BCUT2D eigenvalue weighted by Gasteiger charge is 2.33. The number of hydrogen-bond acceptors (Lipinski definition) is 7. The second-order valence-electron chi connectivity index (χ2n) is 8.90. The second-order valence-corrected chi connectivity index (χ2v) is 9.90. The zero-order valence-electron chi connectivity index (χ0n) is 20.5. The van der Waals surface area contributed by atoms with Crippen LogP contribution in [0.25, 0.3) is 0 Å². The molecule has 3 heterocycles. The molecule has 0 saturated carbocycles. The average Bonchev–Trinajstić information content (AvgIpc) is 3.56. The molecule has 9 heteroatoms. The predicted molar refractivity (Wildman–Crippen MR) is 135 cm³/mol. The second kappa shape index (κ2) is 13.0. The summed E-state index contributed by atoms with van der Waals surface area (Å²) in [5.74, 6) is 0.948. The van der Waals surface area contributed by atoms with E-state index in [-0.39, 0.29) is 37.5 Å². The average molecular weight is 517 g/mol. The van der Waals surface area contributed by atoms with Gasteiger partial charge < -0.3 is 23.9 Å². The quantitative estimate of drug-likeness (QED) is 0.366. The van der Waals surface area contributed by atoms with E-state index in [1.165, 1.54) is 17.0 Å². The summed E-state index contributed by atoms with van der Waals surface area (Å²) in [4.78, 5) is 18.6. The van der Waals surface area contributed by atoms with Crippen molar-refractivity contribution in [2.75, 3.05) is 39.4 Å². The maximum atomic E-state index is 13.5. The highest BCUT2D eigenvalue weighted by Crippen LogP contribution is 2.34. The molecule has 7 nitrogen and oxygen atoms in total. The first-order chi connectivity index (χ1) is 17.5. The molecule has 4 rings (SSSR count). The molecule has 0 fully saturated rings. The molecule has 2 atom stereocenters. The third kappa shape index (κ3) is 7.16. The predicted octanol–water partition coefficient (Wildman–Crippen LogP) is 4.27. The Morgan fingerprint density at radius 1 is 1.31 bits per heavy atom. The Labute approximate surface area is 215 Å². The molecular weight excluding hydrogens is 483 g/mol. The number of hydrogen-bond donors (Lipinski definition) is 1. The number of aliphatic hydroxyl groups excluding tert-OH is 1. The van der Waals surface area contributed by atoms with Crippen molar-refractivity contribution in [3.63, 3.8) is 0 Å². The Balaban J connectivity index is 1.36. The Morgan fingerprint density at radius 3 is 2.89 bits per heavy atom. The van der Waals surface area contributed by atoms with Crippen LogP contribution in [0.3, 0.4) is 0 Å². The summed E-state index contributed by atoms with van der Waals surface area (Å²) in [6, 6.07) is 11.4. The Kier molecular flexibility index (Phi) is 9.52. The van der Waals surface area contributed by atoms with Gasteiger partial charge in [0, 0.05) is 18.0 Å². The summed E-state index contributed by atoms with van der Waals surface area (Å²) < 4.78 is 30.0. The number of aliphatic hydroxyl groups is 1. The maximum absolute atomic E-state index is 13.5. The van der Waals surface area contributed by atoms with E-state index in [2.05, 4.69) is 13.0 Å². The lowest BCUT2D eigenvalue weighted by atomic mass is 10.0. The summed E-state index contributed by atoms with van der Waals surface area (Å²) in [5, 5.41) is 12.6. The highest BCUT2D eigenvalue weighted by atomic mass is 32.1. The van der Waals surface area contributed by atoms with Crippen LogP contribution in [0.15, 0.2) is 58.5 Å². The van der Waals surface area contributed by atoms with E-state index >= 15 is 0 Å². The molecule has 1 aromatic carbocycles. The van der Waals surface area contributed by atoms with Gasteiger partial charge >= 0.3 is 0 Å². The van der Waals surface area contributed by atoms with Crippen LogP contribution in [0.4, 0.5) is 4.39 Å². The number of nitrogens with zero attached hydrogens (tertiary/aromatic N) is 2. The molecule has 194 valence electrons. The normalized spacial score (nSPS) is 16.2. The number of halogens is 1. The fourth-order valence-electron chi connectivity index (χ4n) is 4.45. The smallest absolute Gasteiger partial charge is 0.237 e. The first kappa shape index (κ1) is 26.3. The van der Waals surface area contributed by atoms with E-state index in [1.54, 1.807) is 35.8 Å². The van der Waals surface area contributed by atoms with Crippen molar-refractivity contribution in [3.05, 3.63) is 76.1 Å². The molecule has 1 aliphatic rings. The van der Waals surface area contributed by atoms with Crippen molar-refractivity contribution in [2.24, 2.45) is 0 Å². The molecule has 0 spiro atoms. The lowest BCUT2D eigenvalue weighted by molar-refractivity contribution is -0.136. The van der Waals surface area contributed by atoms with Gasteiger partial charge in [0.2, 0.25) is 5.91 Å². The van der Waals surface area contributed by atoms with E-state index in [0.717, 1.165) is 18.4 Å². The number of rotatable bonds is 13. The van der Waals surface area contributed by atoms with E-state index < -0.39 is 6.10 Å². The number of carbonyl (C=O) groups excluding carboxylic acids is 1. The summed E-state index contributed by atoms with van der Waals surface area (Å²) in [6.45, 7) is 4.64. The van der Waals surface area contributed by atoms with Crippen LogP contribution in [0.5, 0.6) is 5.75 Å². The lowest BCUT2D eigenvalue weighted by Crippen LogP contribution is -2.48. The molecule has 0 aliphatic carbocycles. The zero-order valence-corrected chi connectivity index (χ0v) is 21.3. The molecule has 0 saturated heterocycles. The van der Waals surface area contributed by atoms with Crippen LogP contribution in [0.2, 0.25) is 0 Å².